The predicted molar refractivity (Wildman–Crippen MR) is 150 cm³/mol. The molecule has 1 N–H and O–H groups in total. The Morgan fingerprint density at radius 2 is 1.70 bits per heavy atom. The predicted octanol–water partition coefficient (Wildman–Crippen LogP) is 5.77. The lowest BCUT2D eigenvalue weighted by atomic mass is 9.97. The second-order valence-corrected chi connectivity index (χ2v) is 9.87. The maximum absolute atomic E-state index is 14.2. The first-order valence-corrected chi connectivity index (χ1v) is 13.1. The summed E-state index contributed by atoms with van der Waals surface area (Å²) in [6.07, 6.45) is 3.60. The second kappa shape index (κ2) is 10.4. The number of urea groups is 1. The van der Waals surface area contributed by atoms with E-state index >= 15 is 0 Å². The summed E-state index contributed by atoms with van der Waals surface area (Å²) < 4.78 is 26.6. The molecule has 1 aliphatic carbocycles. The molecule has 0 spiro atoms. The molecule has 2 aliphatic rings. The van der Waals surface area contributed by atoms with Crippen molar-refractivity contribution in [3.8, 4) is 17.2 Å². The number of rotatable bonds is 7. The van der Waals surface area contributed by atoms with E-state index in [9.17, 15) is 14.0 Å². The molecular formula is C31H29FN4O4. The van der Waals surface area contributed by atoms with Gasteiger partial charge in [0, 0.05) is 18.3 Å². The number of para-hydroxylation sites is 2. The van der Waals surface area contributed by atoms with Gasteiger partial charge in [0.1, 0.15) is 29.9 Å². The van der Waals surface area contributed by atoms with Gasteiger partial charge in [-0.3, -0.25) is 9.69 Å². The summed E-state index contributed by atoms with van der Waals surface area (Å²) in [5.41, 5.74) is 3.72. The summed E-state index contributed by atoms with van der Waals surface area (Å²) in [6.45, 7) is -0.123. The summed E-state index contributed by atoms with van der Waals surface area (Å²) in [6, 6.07) is 22.0. The Bertz CT molecular complexity index is 1560. The van der Waals surface area contributed by atoms with Gasteiger partial charge < -0.3 is 24.3 Å². The third-order valence-corrected chi connectivity index (χ3v) is 7.38. The number of amides is 3. The SMILES string of the molecule is COc1ccc(NC(=O)N(CC(=O)N2c3ccccc3-n3cccc3C2c2ccc(F)cc2)C2CC2)c(OC)c1. The van der Waals surface area contributed by atoms with Crippen molar-refractivity contribution in [3.63, 3.8) is 0 Å². The van der Waals surface area contributed by atoms with Crippen LogP contribution < -0.4 is 19.7 Å². The highest BCUT2D eigenvalue weighted by Crippen LogP contribution is 2.42. The minimum atomic E-state index is -0.496. The number of hydrogen-bond acceptors (Lipinski definition) is 4. The lowest BCUT2D eigenvalue weighted by Gasteiger charge is -2.39. The first kappa shape index (κ1) is 25.5. The van der Waals surface area contributed by atoms with E-state index in [-0.39, 0.29) is 30.3 Å². The molecule has 1 unspecified atom stereocenters. The monoisotopic (exact) mass is 540 g/mol. The fourth-order valence-electron chi connectivity index (χ4n) is 5.29. The number of anilines is 2. The smallest absolute Gasteiger partial charge is 0.322 e. The average molecular weight is 541 g/mol. The number of fused-ring (bicyclic) bond motifs is 3. The quantitative estimate of drug-likeness (QED) is 0.323. The van der Waals surface area contributed by atoms with Gasteiger partial charge >= 0.3 is 6.03 Å². The third-order valence-electron chi connectivity index (χ3n) is 7.38. The van der Waals surface area contributed by atoms with E-state index in [2.05, 4.69) is 9.88 Å². The molecule has 1 aliphatic heterocycles. The van der Waals surface area contributed by atoms with Gasteiger partial charge in [0.2, 0.25) is 5.91 Å². The van der Waals surface area contributed by atoms with Gasteiger partial charge in [-0.2, -0.15) is 0 Å². The van der Waals surface area contributed by atoms with Crippen LogP contribution in [0.4, 0.5) is 20.6 Å². The van der Waals surface area contributed by atoms with Crippen LogP contribution in [0, 0.1) is 5.82 Å². The van der Waals surface area contributed by atoms with Crippen LogP contribution in [-0.2, 0) is 4.79 Å². The molecule has 4 aromatic rings. The highest BCUT2D eigenvalue weighted by atomic mass is 19.1. The molecule has 0 bridgehead atoms. The number of nitrogens with one attached hydrogen (secondary N) is 1. The van der Waals surface area contributed by atoms with E-state index in [0.717, 1.165) is 35.5 Å². The molecule has 204 valence electrons. The zero-order chi connectivity index (χ0) is 27.8. The fraction of sp³-hybridized carbons (Fsp3) is 0.226. The lowest BCUT2D eigenvalue weighted by molar-refractivity contribution is -0.119. The van der Waals surface area contributed by atoms with E-state index in [1.54, 1.807) is 47.2 Å². The Balaban J connectivity index is 1.33. The molecule has 1 saturated carbocycles. The van der Waals surface area contributed by atoms with Gasteiger partial charge in [-0.15, -0.1) is 0 Å². The zero-order valence-electron chi connectivity index (χ0n) is 22.2. The van der Waals surface area contributed by atoms with Crippen LogP contribution in [0.5, 0.6) is 11.5 Å². The van der Waals surface area contributed by atoms with Crippen LogP contribution in [-0.4, -0.2) is 48.2 Å². The minimum absolute atomic E-state index is 0.0404. The number of nitrogens with zero attached hydrogens (tertiary/aromatic N) is 3. The topological polar surface area (TPSA) is 76.0 Å². The van der Waals surface area contributed by atoms with Crippen molar-refractivity contribution in [2.75, 3.05) is 31.0 Å². The summed E-state index contributed by atoms with van der Waals surface area (Å²) in [4.78, 5) is 31.1. The van der Waals surface area contributed by atoms with Gasteiger partial charge in [-0.1, -0.05) is 24.3 Å². The van der Waals surface area contributed by atoms with Crippen molar-refractivity contribution >= 4 is 23.3 Å². The van der Waals surface area contributed by atoms with E-state index in [4.69, 9.17) is 9.47 Å². The van der Waals surface area contributed by atoms with Crippen molar-refractivity contribution in [3.05, 3.63) is 102 Å². The molecule has 3 aromatic carbocycles. The molecule has 8 nitrogen and oxygen atoms in total. The average Bonchev–Trinajstić information content (AvgIpc) is 3.70. The summed E-state index contributed by atoms with van der Waals surface area (Å²) in [5, 5.41) is 2.91. The van der Waals surface area contributed by atoms with Crippen molar-refractivity contribution < 1.29 is 23.5 Å². The number of halogens is 1. The Kier molecular flexibility index (Phi) is 6.63. The minimum Gasteiger partial charge on any atom is -0.497 e. The van der Waals surface area contributed by atoms with Crippen LogP contribution in [0.1, 0.15) is 30.1 Å². The van der Waals surface area contributed by atoms with Gasteiger partial charge in [0.05, 0.1) is 37.0 Å². The second-order valence-electron chi connectivity index (χ2n) is 9.87. The molecule has 1 atom stereocenters. The van der Waals surface area contributed by atoms with Gasteiger partial charge in [-0.05, 0) is 66.9 Å². The van der Waals surface area contributed by atoms with Gasteiger partial charge in [0.25, 0.3) is 0 Å². The first-order valence-electron chi connectivity index (χ1n) is 13.1. The molecule has 0 radical (unpaired) electrons. The van der Waals surface area contributed by atoms with Crippen LogP contribution >= 0.6 is 0 Å². The van der Waals surface area contributed by atoms with Gasteiger partial charge in [0.15, 0.2) is 0 Å². The van der Waals surface area contributed by atoms with E-state index in [1.807, 2.05) is 42.6 Å². The maximum Gasteiger partial charge on any atom is 0.322 e. The molecule has 40 heavy (non-hydrogen) atoms. The standard InChI is InChI=1S/C31H29FN4O4/c1-39-23-15-16-24(28(18-23)40-2)33-31(38)35(22-13-14-22)19-29(37)36-26-7-4-3-6-25(26)34-17-5-8-27(34)30(36)20-9-11-21(32)12-10-20/h3-12,15-18,22,30H,13-14,19H2,1-2H3,(H,33,38). The van der Waals surface area contributed by atoms with Crippen molar-refractivity contribution in [1.29, 1.82) is 0 Å². The number of methoxy groups -OCH3 is 2. The van der Waals surface area contributed by atoms with Crippen LogP contribution in [0.15, 0.2) is 85.1 Å². The molecule has 9 heteroatoms. The summed E-state index contributed by atoms with van der Waals surface area (Å²) in [7, 11) is 3.08. The number of carbonyl (C=O) groups excluding carboxylic acids is 2. The number of aromatic nitrogens is 1. The Hall–Kier alpha value is -4.79. The van der Waals surface area contributed by atoms with E-state index in [0.29, 0.717) is 17.2 Å². The summed E-state index contributed by atoms with van der Waals surface area (Å²) in [5.74, 6) is 0.470. The molecular weight excluding hydrogens is 511 g/mol. The van der Waals surface area contributed by atoms with Crippen LogP contribution in [0.2, 0.25) is 0 Å². The number of hydrogen-bond donors (Lipinski definition) is 1. The third kappa shape index (κ3) is 4.64. The van der Waals surface area contributed by atoms with Crippen molar-refractivity contribution in [2.24, 2.45) is 0 Å². The normalized spacial score (nSPS) is 15.6. The highest BCUT2D eigenvalue weighted by molar-refractivity contribution is 6.02. The van der Waals surface area contributed by atoms with Crippen molar-refractivity contribution in [1.82, 2.24) is 9.47 Å². The molecule has 3 amide bonds. The van der Waals surface area contributed by atoms with Crippen LogP contribution in [0.3, 0.4) is 0 Å². The molecule has 1 aromatic heterocycles. The summed E-state index contributed by atoms with van der Waals surface area (Å²) >= 11 is 0. The number of carbonyl (C=O) groups is 2. The highest BCUT2D eigenvalue weighted by Gasteiger charge is 2.40. The fourth-order valence-corrected chi connectivity index (χ4v) is 5.29. The Morgan fingerprint density at radius 3 is 2.40 bits per heavy atom. The van der Waals surface area contributed by atoms with Crippen molar-refractivity contribution in [2.45, 2.75) is 24.9 Å². The lowest BCUT2D eigenvalue weighted by Crippen LogP contribution is -2.48. The molecule has 1 fully saturated rings. The Morgan fingerprint density at radius 1 is 0.950 bits per heavy atom. The van der Waals surface area contributed by atoms with Gasteiger partial charge in [-0.25, -0.2) is 9.18 Å². The first-order chi connectivity index (χ1) is 19.5. The van der Waals surface area contributed by atoms with E-state index < -0.39 is 6.04 Å². The molecule has 0 saturated heterocycles. The van der Waals surface area contributed by atoms with Crippen LogP contribution in [0.25, 0.3) is 5.69 Å². The number of ether oxygens (including phenoxy) is 2. The maximum atomic E-state index is 14.2. The van der Waals surface area contributed by atoms with E-state index in [1.165, 1.54) is 19.2 Å². The largest absolute Gasteiger partial charge is 0.497 e. The Labute approximate surface area is 231 Å². The zero-order valence-corrected chi connectivity index (χ0v) is 22.2. The molecule has 2 heterocycles. The number of benzene rings is 3. The molecule has 6 rings (SSSR count).